The Kier molecular flexibility index (Phi) is 10.1. The van der Waals surface area contributed by atoms with Gasteiger partial charge in [0.05, 0.1) is 17.9 Å². The third-order valence-corrected chi connectivity index (χ3v) is 9.34. The Morgan fingerprint density at radius 2 is 1.88 bits per heavy atom. The number of carbonyl (C=O) groups excluding carboxylic acids is 2. The van der Waals surface area contributed by atoms with Crippen molar-refractivity contribution >= 4 is 41.1 Å². The number of fused-ring (bicyclic) bond motifs is 1. The molecule has 1 unspecified atom stereocenters. The monoisotopic (exact) mass is 683 g/mol. The summed E-state index contributed by atoms with van der Waals surface area (Å²) in [6.45, 7) is 6.46. The number of benzene rings is 3. The lowest BCUT2D eigenvalue weighted by atomic mass is 9.80. The minimum atomic E-state index is -1.07. The van der Waals surface area contributed by atoms with Crippen LogP contribution >= 0.6 is 11.6 Å². The Morgan fingerprint density at radius 3 is 2.59 bits per heavy atom. The first kappa shape index (κ1) is 33.8. The predicted octanol–water partition coefficient (Wildman–Crippen LogP) is 5.34. The number of carbonyl (C=O) groups is 3. The van der Waals surface area contributed by atoms with E-state index >= 15 is 0 Å². The first-order valence-corrected chi connectivity index (χ1v) is 16.6. The van der Waals surface area contributed by atoms with E-state index in [4.69, 9.17) is 16.3 Å². The van der Waals surface area contributed by atoms with Gasteiger partial charge in [0.15, 0.2) is 0 Å². The minimum Gasteiger partial charge on any atom is -0.493 e. The van der Waals surface area contributed by atoms with Gasteiger partial charge in [0.2, 0.25) is 5.91 Å². The van der Waals surface area contributed by atoms with Crippen LogP contribution in [0.4, 0.5) is 5.69 Å². The molecule has 12 nitrogen and oxygen atoms in total. The van der Waals surface area contributed by atoms with Crippen LogP contribution in [0, 0.1) is 5.92 Å². The smallest absolute Gasteiger partial charge is 0.335 e. The van der Waals surface area contributed by atoms with Gasteiger partial charge >= 0.3 is 5.97 Å². The van der Waals surface area contributed by atoms with Crippen molar-refractivity contribution in [2.75, 3.05) is 25.0 Å². The van der Waals surface area contributed by atoms with E-state index in [9.17, 15) is 19.5 Å². The summed E-state index contributed by atoms with van der Waals surface area (Å²) in [5.41, 5.74) is 2.45. The lowest BCUT2D eigenvalue weighted by Crippen LogP contribution is -2.56. The second kappa shape index (κ2) is 14.6. The third-order valence-electron chi connectivity index (χ3n) is 9.10. The van der Waals surface area contributed by atoms with Crippen LogP contribution in [0.25, 0.3) is 11.8 Å². The van der Waals surface area contributed by atoms with Crippen LogP contribution < -0.4 is 15.4 Å². The molecule has 4 aromatic rings. The van der Waals surface area contributed by atoms with Crippen LogP contribution in [0.3, 0.4) is 0 Å². The largest absolute Gasteiger partial charge is 0.493 e. The Balaban J connectivity index is 1.34. The Hall–Kier alpha value is -5.07. The van der Waals surface area contributed by atoms with Crippen molar-refractivity contribution in [2.24, 2.45) is 5.92 Å². The quantitative estimate of drug-likeness (QED) is 0.188. The van der Waals surface area contributed by atoms with Gasteiger partial charge in [-0.15, -0.1) is 5.10 Å². The van der Waals surface area contributed by atoms with Gasteiger partial charge in [-0.05, 0) is 129 Å². The van der Waals surface area contributed by atoms with Gasteiger partial charge in [-0.25, -0.2) is 4.79 Å². The number of ether oxygens (including phenoxy) is 1. The summed E-state index contributed by atoms with van der Waals surface area (Å²) in [5.74, 6) is -0.598. The fourth-order valence-electron chi connectivity index (χ4n) is 6.65. The highest BCUT2D eigenvalue weighted by Gasteiger charge is 2.46. The van der Waals surface area contributed by atoms with E-state index in [0.29, 0.717) is 52.2 Å². The van der Waals surface area contributed by atoms with Crippen molar-refractivity contribution in [2.45, 2.75) is 51.1 Å². The first-order chi connectivity index (χ1) is 23.6. The predicted molar refractivity (Wildman–Crippen MR) is 185 cm³/mol. The van der Waals surface area contributed by atoms with E-state index in [0.717, 1.165) is 37.9 Å². The summed E-state index contributed by atoms with van der Waals surface area (Å²) in [4.78, 5) is 41.5. The highest BCUT2D eigenvalue weighted by atomic mass is 35.5. The Bertz CT molecular complexity index is 1850. The average Bonchev–Trinajstić information content (AvgIpc) is 3.62. The summed E-state index contributed by atoms with van der Waals surface area (Å²) < 4.78 is 7.86. The van der Waals surface area contributed by atoms with Gasteiger partial charge in [-0.1, -0.05) is 23.7 Å². The maximum Gasteiger partial charge on any atom is 0.335 e. The standard InChI is InChI=1S/C36H38ClN7O5/c1-36(2)21-29-28(4-3-5-31(29)49-19-16-23-14-17-38-18-15-23)33(34(46)40-27-10-6-24(7-11-27)35(47)48)44(36)32(45)13-8-25-20-26(37)9-12-30(25)43-22-39-41-42-43/h3-13,20,22-23,33,38H,14-19,21H2,1-2H3,(H,40,46)(H,47,48)/b13-8+. The molecule has 0 spiro atoms. The molecule has 2 aliphatic heterocycles. The normalized spacial score (nSPS) is 17.4. The van der Waals surface area contributed by atoms with Gasteiger partial charge < -0.3 is 25.4 Å². The molecule has 1 fully saturated rings. The van der Waals surface area contributed by atoms with Crippen LogP contribution in [0.2, 0.25) is 5.02 Å². The number of piperidine rings is 1. The number of amides is 2. The molecule has 3 N–H and O–H groups in total. The molecule has 2 aliphatic rings. The van der Waals surface area contributed by atoms with Gasteiger partial charge in [-0.3, -0.25) is 9.59 Å². The van der Waals surface area contributed by atoms with Crippen LogP contribution in [0.5, 0.6) is 5.75 Å². The number of aromatic carboxylic acids is 1. The van der Waals surface area contributed by atoms with E-state index in [1.54, 1.807) is 29.2 Å². The van der Waals surface area contributed by atoms with Gasteiger partial charge in [0, 0.05) is 33.5 Å². The van der Waals surface area contributed by atoms with Crippen molar-refractivity contribution in [3.8, 4) is 11.4 Å². The highest BCUT2D eigenvalue weighted by Crippen LogP contribution is 2.43. The molecule has 1 atom stereocenters. The molecule has 0 radical (unpaired) electrons. The van der Waals surface area contributed by atoms with E-state index < -0.39 is 29.4 Å². The summed E-state index contributed by atoms with van der Waals surface area (Å²) >= 11 is 6.32. The number of hydrogen-bond donors (Lipinski definition) is 3. The summed E-state index contributed by atoms with van der Waals surface area (Å²) in [5, 5.41) is 27.5. The van der Waals surface area contributed by atoms with Crippen LogP contribution in [0.15, 0.2) is 73.1 Å². The molecule has 6 rings (SSSR count). The fourth-order valence-corrected chi connectivity index (χ4v) is 6.83. The molecular weight excluding hydrogens is 646 g/mol. The van der Waals surface area contributed by atoms with Crippen molar-refractivity contribution in [3.05, 3.63) is 100 Å². The van der Waals surface area contributed by atoms with E-state index in [-0.39, 0.29) is 5.56 Å². The number of aromatic nitrogens is 4. The van der Waals surface area contributed by atoms with Gasteiger partial charge in [0.1, 0.15) is 18.1 Å². The van der Waals surface area contributed by atoms with E-state index in [2.05, 4.69) is 26.2 Å². The molecule has 2 amide bonds. The average molecular weight is 684 g/mol. The molecule has 3 aromatic carbocycles. The van der Waals surface area contributed by atoms with Crippen molar-refractivity contribution in [1.29, 1.82) is 0 Å². The number of nitrogens with one attached hydrogen (secondary N) is 2. The zero-order valence-electron chi connectivity index (χ0n) is 27.3. The molecule has 3 heterocycles. The number of rotatable bonds is 10. The molecule has 1 saturated heterocycles. The van der Waals surface area contributed by atoms with Crippen LogP contribution in [-0.2, 0) is 16.0 Å². The zero-order chi connectivity index (χ0) is 34.5. The maximum atomic E-state index is 14.3. The third kappa shape index (κ3) is 7.65. The van der Waals surface area contributed by atoms with Crippen molar-refractivity contribution in [1.82, 2.24) is 30.4 Å². The zero-order valence-corrected chi connectivity index (χ0v) is 28.1. The van der Waals surface area contributed by atoms with Crippen LogP contribution in [-0.4, -0.2) is 73.2 Å². The molecule has 0 aliphatic carbocycles. The molecule has 49 heavy (non-hydrogen) atoms. The number of nitrogens with zero attached hydrogens (tertiary/aromatic N) is 5. The van der Waals surface area contributed by atoms with E-state index in [1.807, 2.05) is 32.0 Å². The molecule has 1 aromatic heterocycles. The number of carboxylic acid groups (broad SMARTS) is 1. The SMILES string of the molecule is CC1(C)Cc2c(OCCC3CCNCC3)cccc2C(C(=O)Nc2ccc(C(=O)O)cc2)N1C(=O)/C=C/c1cc(Cl)ccc1-n1cnnn1. The number of tetrazole rings is 1. The number of carboxylic acids is 1. The topological polar surface area (TPSA) is 152 Å². The number of anilines is 1. The molecular formula is C36H38ClN7O5. The summed E-state index contributed by atoms with van der Waals surface area (Å²) in [6, 6.07) is 15.7. The molecule has 0 bridgehead atoms. The lowest BCUT2D eigenvalue weighted by Gasteiger charge is -2.47. The van der Waals surface area contributed by atoms with Crippen molar-refractivity contribution in [3.63, 3.8) is 0 Å². The molecule has 13 heteroatoms. The number of hydrogen-bond acceptors (Lipinski definition) is 8. The van der Waals surface area contributed by atoms with Crippen LogP contribution in [0.1, 0.15) is 66.2 Å². The fraction of sp³-hybridized carbons (Fsp3) is 0.333. The summed E-state index contributed by atoms with van der Waals surface area (Å²) in [7, 11) is 0. The second-order valence-electron chi connectivity index (χ2n) is 12.9. The molecule has 0 saturated carbocycles. The first-order valence-electron chi connectivity index (χ1n) is 16.2. The summed E-state index contributed by atoms with van der Waals surface area (Å²) in [6.07, 6.45) is 8.14. The van der Waals surface area contributed by atoms with Gasteiger partial charge in [-0.2, -0.15) is 4.68 Å². The minimum absolute atomic E-state index is 0.0948. The Morgan fingerprint density at radius 1 is 1.10 bits per heavy atom. The highest BCUT2D eigenvalue weighted by molar-refractivity contribution is 6.30. The molecule has 254 valence electrons. The van der Waals surface area contributed by atoms with E-state index in [1.165, 1.54) is 41.4 Å². The van der Waals surface area contributed by atoms with Gasteiger partial charge in [0.25, 0.3) is 5.91 Å². The maximum absolute atomic E-state index is 14.3. The Labute approximate surface area is 289 Å². The lowest BCUT2D eigenvalue weighted by molar-refractivity contribution is -0.142. The number of halogens is 1. The second-order valence-corrected chi connectivity index (χ2v) is 13.4. The van der Waals surface area contributed by atoms with Crippen molar-refractivity contribution < 1.29 is 24.2 Å².